The van der Waals surface area contributed by atoms with Gasteiger partial charge in [-0.2, -0.15) is 0 Å². The van der Waals surface area contributed by atoms with E-state index in [1.165, 1.54) is 11.8 Å². The molecule has 0 saturated heterocycles. The van der Waals surface area contributed by atoms with Crippen LogP contribution in [-0.2, 0) is 22.4 Å². The monoisotopic (exact) mass is 596 g/mol. The number of fused-ring (bicyclic) bond motifs is 1. The summed E-state index contributed by atoms with van der Waals surface area (Å²) in [6, 6.07) is 25.8. The number of thioether (sulfide) groups is 1. The molecule has 5 rings (SSSR count). The van der Waals surface area contributed by atoms with Crippen LogP contribution in [0.4, 0.5) is 16.2 Å². The van der Waals surface area contributed by atoms with E-state index in [1.807, 2.05) is 73.7 Å². The Morgan fingerprint density at radius 2 is 1.60 bits per heavy atom. The molecule has 0 fully saturated rings. The highest BCUT2D eigenvalue weighted by Gasteiger charge is 2.37. The van der Waals surface area contributed by atoms with E-state index in [0.29, 0.717) is 34.3 Å². The van der Waals surface area contributed by atoms with Gasteiger partial charge in [0, 0.05) is 30.1 Å². The molecule has 1 unspecified atom stereocenters. The average molecular weight is 597 g/mol. The third kappa shape index (κ3) is 7.40. The summed E-state index contributed by atoms with van der Waals surface area (Å²) >= 11 is 1.32. The molecule has 0 aliphatic carbocycles. The molecule has 3 amide bonds. The molecule has 0 spiro atoms. The van der Waals surface area contributed by atoms with Crippen molar-refractivity contribution in [3.63, 3.8) is 0 Å². The van der Waals surface area contributed by atoms with Crippen LogP contribution in [0.1, 0.15) is 16.7 Å². The van der Waals surface area contributed by atoms with Crippen molar-refractivity contribution in [3.8, 4) is 0 Å². The number of aryl methyl sites for hydroxylation is 1. The Bertz CT molecular complexity index is 1670. The molecular weight excluding hydrogens is 564 g/mol. The van der Waals surface area contributed by atoms with Gasteiger partial charge in [0.25, 0.3) is 0 Å². The molecule has 10 heteroatoms. The van der Waals surface area contributed by atoms with E-state index in [1.54, 1.807) is 24.3 Å². The number of hydrogen-bond donors (Lipinski definition) is 4. The molecule has 0 saturated carbocycles. The second-order valence-electron chi connectivity index (χ2n) is 10.3. The minimum atomic E-state index is -1.48. The standard InChI is InChI=1S/C33H32N4O5S/c1-21-6-2-5-9-27(21)36-33(42)35-26-14-11-22(12-15-26)20-29(38)37(31(39)30-34-16-17-43-30)28(32(40)41)19-23-10-13-24-7-3-4-8-25(24)18-23/h2-15,18,28,31,39H,16-17,19-20H2,1H3,(H,40,41)(H2,35,36,42)/t28-,31?/m0/s1. The van der Waals surface area contributed by atoms with Gasteiger partial charge < -0.3 is 20.8 Å². The zero-order valence-electron chi connectivity index (χ0n) is 23.6. The van der Waals surface area contributed by atoms with Crippen LogP contribution in [-0.4, -0.2) is 62.6 Å². The van der Waals surface area contributed by atoms with Crippen molar-refractivity contribution >= 4 is 56.9 Å². The van der Waals surface area contributed by atoms with Gasteiger partial charge >= 0.3 is 12.0 Å². The number of carboxylic acids is 1. The van der Waals surface area contributed by atoms with E-state index in [9.17, 15) is 24.6 Å². The summed E-state index contributed by atoms with van der Waals surface area (Å²) < 4.78 is 0. The van der Waals surface area contributed by atoms with Crippen LogP contribution in [0, 0.1) is 6.92 Å². The fourth-order valence-corrected chi connectivity index (χ4v) is 5.81. The first-order chi connectivity index (χ1) is 20.8. The number of rotatable bonds is 10. The largest absolute Gasteiger partial charge is 0.480 e. The maximum absolute atomic E-state index is 13.7. The summed E-state index contributed by atoms with van der Waals surface area (Å²) in [5.74, 6) is -1.11. The normalized spacial score (nSPS) is 14.0. The maximum atomic E-state index is 13.7. The van der Waals surface area contributed by atoms with Crippen LogP contribution < -0.4 is 10.6 Å². The lowest BCUT2D eigenvalue weighted by Gasteiger charge is -2.33. The van der Waals surface area contributed by atoms with Gasteiger partial charge in [-0.1, -0.05) is 72.8 Å². The van der Waals surface area contributed by atoms with Crippen molar-refractivity contribution in [3.05, 3.63) is 108 Å². The highest BCUT2D eigenvalue weighted by Crippen LogP contribution is 2.24. The zero-order chi connectivity index (χ0) is 30.3. The van der Waals surface area contributed by atoms with E-state index in [-0.39, 0.29) is 12.8 Å². The summed E-state index contributed by atoms with van der Waals surface area (Å²) in [5.41, 5.74) is 3.48. The van der Waals surface area contributed by atoms with Crippen LogP contribution in [0.3, 0.4) is 0 Å². The van der Waals surface area contributed by atoms with Gasteiger partial charge in [-0.15, -0.1) is 11.8 Å². The fourth-order valence-electron chi connectivity index (χ4n) is 4.97. The topological polar surface area (TPSA) is 131 Å². The van der Waals surface area contributed by atoms with E-state index in [0.717, 1.165) is 26.8 Å². The Hall–Kier alpha value is -4.67. The highest BCUT2D eigenvalue weighted by molar-refractivity contribution is 8.14. The number of anilines is 2. The van der Waals surface area contributed by atoms with E-state index >= 15 is 0 Å². The number of amides is 3. The molecule has 4 aromatic rings. The van der Waals surface area contributed by atoms with Crippen molar-refractivity contribution in [1.82, 2.24) is 4.90 Å². The average Bonchev–Trinajstić information content (AvgIpc) is 3.54. The summed E-state index contributed by atoms with van der Waals surface area (Å²) in [7, 11) is 0. The molecule has 0 aromatic heterocycles. The number of hydrogen-bond acceptors (Lipinski definition) is 6. The van der Waals surface area contributed by atoms with E-state index in [4.69, 9.17) is 0 Å². The number of nitrogens with one attached hydrogen (secondary N) is 2. The maximum Gasteiger partial charge on any atom is 0.326 e. The molecular formula is C33H32N4O5S. The van der Waals surface area contributed by atoms with E-state index in [2.05, 4.69) is 15.6 Å². The number of aliphatic imine (C=N–C) groups is 1. The van der Waals surface area contributed by atoms with E-state index < -0.39 is 30.2 Å². The first-order valence-electron chi connectivity index (χ1n) is 13.9. The second-order valence-corrected chi connectivity index (χ2v) is 11.4. The molecule has 220 valence electrons. The van der Waals surface area contributed by atoms with Gasteiger partial charge in [-0.25, -0.2) is 9.59 Å². The van der Waals surface area contributed by atoms with Crippen molar-refractivity contribution in [1.29, 1.82) is 0 Å². The quantitative estimate of drug-likeness (QED) is 0.183. The van der Waals surface area contributed by atoms with Crippen molar-refractivity contribution < 1.29 is 24.6 Å². The Morgan fingerprint density at radius 3 is 2.30 bits per heavy atom. The molecule has 4 aromatic carbocycles. The SMILES string of the molecule is Cc1ccccc1NC(=O)Nc1ccc(CC(=O)N(C(O)C2=NCCS2)[C@@H](Cc2ccc3ccccc3c2)C(=O)O)cc1. The molecule has 9 nitrogen and oxygen atoms in total. The van der Waals surface area contributed by atoms with Crippen LogP contribution in [0.5, 0.6) is 0 Å². The third-order valence-corrected chi connectivity index (χ3v) is 8.23. The summed E-state index contributed by atoms with van der Waals surface area (Å²) in [4.78, 5) is 44.1. The lowest BCUT2D eigenvalue weighted by molar-refractivity contribution is -0.156. The minimum absolute atomic E-state index is 0.0137. The lowest BCUT2D eigenvalue weighted by Crippen LogP contribution is -2.54. The first kappa shape index (κ1) is 29.8. The number of nitrogens with zero attached hydrogens (tertiary/aromatic N) is 2. The Kier molecular flexibility index (Phi) is 9.38. The van der Waals surface area contributed by atoms with Crippen LogP contribution >= 0.6 is 11.8 Å². The minimum Gasteiger partial charge on any atom is -0.480 e. The molecule has 2 atom stereocenters. The van der Waals surface area contributed by atoms with Gasteiger partial charge in [0.1, 0.15) is 11.1 Å². The van der Waals surface area contributed by atoms with Crippen LogP contribution in [0.15, 0.2) is 96.0 Å². The highest BCUT2D eigenvalue weighted by atomic mass is 32.2. The summed E-state index contributed by atoms with van der Waals surface area (Å²) in [5, 5.41) is 29.4. The fraction of sp³-hybridized carbons (Fsp3) is 0.212. The molecule has 0 radical (unpaired) electrons. The molecule has 4 N–H and O–H groups in total. The number of aliphatic hydroxyl groups excluding tert-OH is 1. The predicted molar refractivity (Wildman–Crippen MR) is 171 cm³/mol. The zero-order valence-corrected chi connectivity index (χ0v) is 24.4. The number of urea groups is 1. The van der Waals surface area contributed by atoms with Gasteiger partial charge in [0.2, 0.25) is 5.91 Å². The van der Waals surface area contributed by atoms with Crippen LogP contribution in [0.2, 0.25) is 0 Å². The van der Waals surface area contributed by atoms with Gasteiger partial charge in [-0.3, -0.25) is 14.7 Å². The lowest BCUT2D eigenvalue weighted by atomic mass is 10.00. The summed E-state index contributed by atoms with van der Waals surface area (Å²) in [6.45, 7) is 2.39. The molecule has 1 aliphatic rings. The molecule has 1 aliphatic heterocycles. The number of carbonyl (C=O) groups excluding carboxylic acids is 2. The Labute approximate surface area is 253 Å². The molecule has 43 heavy (non-hydrogen) atoms. The Morgan fingerprint density at radius 1 is 0.907 bits per heavy atom. The Balaban J connectivity index is 1.32. The number of para-hydroxylation sites is 1. The molecule has 1 heterocycles. The third-order valence-electron chi connectivity index (χ3n) is 7.21. The van der Waals surface area contributed by atoms with Crippen molar-refractivity contribution in [2.24, 2.45) is 4.99 Å². The van der Waals surface area contributed by atoms with Gasteiger partial charge in [0.05, 0.1) is 6.42 Å². The second kappa shape index (κ2) is 13.5. The number of benzene rings is 4. The number of aliphatic carboxylic acids is 1. The van der Waals surface area contributed by atoms with Gasteiger partial charge in [0.15, 0.2) is 6.23 Å². The predicted octanol–water partition coefficient (Wildman–Crippen LogP) is 5.32. The first-order valence-corrected chi connectivity index (χ1v) is 14.9. The van der Waals surface area contributed by atoms with Crippen molar-refractivity contribution in [2.45, 2.75) is 32.0 Å². The molecule has 0 bridgehead atoms. The number of aliphatic hydroxyl groups is 1. The van der Waals surface area contributed by atoms with Crippen molar-refractivity contribution in [2.75, 3.05) is 22.9 Å². The number of carbonyl (C=O) groups is 3. The smallest absolute Gasteiger partial charge is 0.326 e. The number of carboxylic acid groups (broad SMARTS) is 1. The summed E-state index contributed by atoms with van der Waals surface area (Å²) in [6.07, 6.45) is -1.61. The van der Waals surface area contributed by atoms with Gasteiger partial charge in [-0.05, 0) is 52.6 Å². The van der Waals surface area contributed by atoms with Crippen LogP contribution in [0.25, 0.3) is 10.8 Å².